The van der Waals surface area contributed by atoms with E-state index in [0.29, 0.717) is 45.8 Å². The van der Waals surface area contributed by atoms with Crippen LogP contribution in [0.25, 0.3) is 0 Å². The molecule has 2 heterocycles. The third-order valence-electron chi connectivity index (χ3n) is 6.20. The van der Waals surface area contributed by atoms with Gasteiger partial charge in [0.05, 0.1) is 25.7 Å². The SMILES string of the molecule is COc1ccc(C2(C(=O)N3CCOC(c4ccc(C)cc4)C3)CCOCC2)cc1. The van der Waals surface area contributed by atoms with Crippen LogP contribution in [-0.4, -0.2) is 50.8 Å². The van der Waals surface area contributed by atoms with E-state index >= 15 is 0 Å². The van der Waals surface area contributed by atoms with E-state index in [1.165, 1.54) is 5.56 Å². The first kappa shape index (κ1) is 19.9. The van der Waals surface area contributed by atoms with Gasteiger partial charge < -0.3 is 19.1 Å². The molecule has 1 unspecified atom stereocenters. The van der Waals surface area contributed by atoms with E-state index in [1.807, 2.05) is 29.2 Å². The molecule has 0 spiro atoms. The van der Waals surface area contributed by atoms with Crippen LogP contribution >= 0.6 is 0 Å². The minimum absolute atomic E-state index is 0.0824. The summed E-state index contributed by atoms with van der Waals surface area (Å²) in [6.45, 7) is 5.04. The number of carbonyl (C=O) groups excluding carboxylic acids is 1. The number of aryl methyl sites for hydroxylation is 1. The summed E-state index contributed by atoms with van der Waals surface area (Å²) in [7, 11) is 1.66. The highest BCUT2D eigenvalue weighted by atomic mass is 16.5. The molecule has 154 valence electrons. The fourth-order valence-electron chi connectivity index (χ4n) is 4.38. The molecule has 5 nitrogen and oxygen atoms in total. The zero-order chi connectivity index (χ0) is 20.3. The molecule has 2 saturated heterocycles. The Morgan fingerprint density at radius 3 is 2.38 bits per heavy atom. The Morgan fingerprint density at radius 1 is 1.03 bits per heavy atom. The molecule has 2 aliphatic rings. The number of hydrogen-bond acceptors (Lipinski definition) is 4. The second-order valence-corrected chi connectivity index (χ2v) is 7.94. The van der Waals surface area contributed by atoms with Crippen molar-refractivity contribution in [3.8, 4) is 5.75 Å². The summed E-state index contributed by atoms with van der Waals surface area (Å²) in [6.07, 6.45) is 1.32. The van der Waals surface area contributed by atoms with Crippen molar-refractivity contribution in [1.29, 1.82) is 0 Å². The summed E-state index contributed by atoms with van der Waals surface area (Å²) in [4.78, 5) is 15.8. The summed E-state index contributed by atoms with van der Waals surface area (Å²) in [5, 5.41) is 0. The molecule has 29 heavy (non-hydrogen) atoms. The van der Waals surface area contributed by atoms with Gasteiger partial charge >= 0.3 is 0 Å². The van der Waals surface area contributed by atoms with Crippen molar-refractivity contribution in [1.82, 2.24) is 4.90 Å². The first-order chi connectivity index (χ1) is 14.1. The Kier molecular flexibility index (Phi) is 5.88. The summed E-state index contributed by atoms with van der Waals surface area (Å²) >= 11 is 0. The average Bonchev–Trinajstić information content (AvgIpc) is 2.79. The van der Waals surface area contributed by atoms with Crippen LogP contribution in [0.1, 0.15) is 35.6 Å². The van der Waals surface area contributed by atoms with Crippen molar-refractivity contribution in [2.45, 2.75) is 31.3 Å². The summed E-state index contributed by atoms with van der Waals surface area (Å²) in [5.74, 6) is 0.987. The van der Waals surface area contributed by atoms with Crippen molar-refractivity contribution in [3.63, 3.8) is 0 Å². The van der Waals surface area contributed by atoms with Gasteiger partial charge in [0.2, 0.25) is 5.91 Å². The standard InChI is InChI=1S/C24H29NO4/c1-18-3-5-19(6-4-18)22-17-25(13-16-29-22)23(26)24(11-14-28-15-12-24)20-7-9-21(27-2)10-8-20/h3-10,22H,11-17H2,1-2H3. The molecular formula is C24H29NO4. The Morgan fingerprint density at radius 2 is 1.72 bits per heavy atom. The lowest BCUT2D eigenvalue weighted by atomic mass is 9.72. The first-order valence-electron chi connectivity index (χ1n) is 10.3. The molecule has 2 aliphatic heterocycles. The zero-order valence-corrected chi connectivity index (χ0v) is 17.2. The largest absolute Gasteiger partial charge is 0.497 e. The minimum atomic E-state index is -0.542. The molecule has 1 atom stereocenters. The van der Waals surface area contributed by atoms with Crippen molar-refractivity contribution < 1.29 is 19.0 Å². The van der Waals surface area contributed by atoms with E-state index in [1.54, 1.807) is 7.11 Å². The normalized spacial score (nSPS) is 21.6. The van der Waals surface area contributed by atoms with Crippen LogP contribution in [0.15, 0.2) is 48.5 Å². The fourth-order valence-corrected chi connectivity index (χ4v) is 4.38. The molecule has 0 aliphatic carbocycles. The quantitative estimate of drug-likeness (QED) is 0.793. The third kappa shape index (κ3) is 4.02. The lowest BCUT2D eigenvalue weighted by Gasteiger charge is -2.42. The Bertz CT molecular complexity index is 825. The predicted octanol–water partition coefficient (Wildman–Crippen LogP) is 3.65. The maximum atomic E-state index is 13.8. The number of methoxy groups -OCH3 is 1. The number of hydrogen-bond donors (Lipinski definition) is 0. The number of rotatable bonds is 4. The maximum Gasteiger partial charge on any atom is 0.233 e. The van der Waals surface area contributed by atoms with E-state index in [2.05, 4.69) is 31.2 Å². The van der Waals surface area contributed by atoms with E-state index in [4.69, 9.17) is 14.2 Å². The van der Waals surface area contributed by atoms with Gasteiger partial charge in [0.15, 0.2) is 0 Å². The van der Waals surface area contributed by atoms with E-state index in [-0.39, 0.29) is 12.0 Å². The maximum absolute atomic E-state index is 13.8. The van der Waals surface area contributed by atoms with Gasteiger partial charge in [-0.1, -0.05) is 42.0 Å². The van der Waals surface area contributed by atoms with Gasteiger partial charge in [-0.25, -0.2) is 0 Å². The van der Waals surface area contributed by atoms with E-state index in [0.717, 1.165) is 16.9 Å². The second-order valence-electron chi connectivity index (χ2n) is 7.94. The molecule has 0 radical (unpaired) electrons. The average molecular weight is 395 g/mol. The molecule has 2 fully saturated rings. The number of carbonyl (C=O) groups is 1. The van der Waals surface area contributed by atoms with Crippen LogP contribution in [0.4, 0.5) is 0 Å². The van der Waals surface area contributed by atoms with Gasteiger partial charge in [0, 0.05) is 19.8 Å². The molecule has 0 saturated carbocycles. The minimum Gasteiger partial charge on any atom is -0.497 e. The van der Waals surface area contributed by atoms with Gasteiger partial charge in [-0.15, -0.1) is 0 Å². The molecule has 2 aromatic rings. The van der Waals surface area contributed by atoms with Gasteiger partial charge in [-0.05, 0) is 43.0 Å². The molecule has 0 aromatic heterocycles. The van der Waals surface area contributed by atoms with Crippen molar-refractivity contribution in [3.05, 3.63) is 65.2 Å². The van der Waals surface area contributed by atoms with Gasteiger partial charge in [-0.3, -0.25) is 4.79 Å². The lowest BCUT2D eigenvalue weighted by Crippen LogP contribution is -2.53. The van der Waals surface area contributed by atoms with Crippen molar-refractivity contribution in [2.24, 2.45) is 0 Å². The highest BCUT2D eigenvalue weighted by Crippen LogP contribution is 2.38. The third-order valence-corrected chi connectivity index (χ3v) is 6.20. The summed E-state index contributed by atoms with van der Waals surface area (Å²) in [5.41, 5.74) is 2.85. The summed E-state index contributed by atoms with van der Waals surface area (Å²) in [6, 6.07) is 16.3. The van der Waals surface area contributed by atoms with Crippen LogP contribution < -0.4 is 4.74 Å². The zero-order valence-electron chi connectivity index (χ0n) is 17.2. The van der Waals surface area contributed by atoms with Crippen molar-refractivity contribution >= 4 is 5.91 Å². The molecule has 5 heteroatoms. The molecule has 4 rings (SSSR count). The smallest absolute Gasteiger partial charge is 0.233 e. The lowest BCUT2D eigenvalue weighted by molar-refractivity contribution is -0.149. The molecule has 0 N–H and O–H groups in total. The predicted molar refractivity (Wildman–Crippen MR) is 111 cm³/mol. The van der Waals surface area contributed by atoms with Gasteiger partial charge in [0.25, 0.3) is 0 Å². The summed E-state index contributed by atoms with van der Waals surface area (Å²) < 4.78 is 16.9. The Hall–Kier alpha value is -2.37. The van der Waals surface area contributed by atoms with Crippen LogP contribution in [0.3, 0.4) is 0 Å². The number of morpholine rings is 1. The number of benzene rings is 2. The van der Waals surface area contributed by atoms with Crippen LogP contribution in [0.2, 0.25) is 0 Å². The first-order valence-corrected chi connectivity index (χ1v) is 10.3. The van der Waals surface area contributed by atoms with Gasteiger partial charge in [0.1, 0.15) is 11.9 Å². The fraction of sp³-hybridized carbons (Fsp3) is 0.458. The van der Waals surface area contributed by atoms with Crippen LogP contribution in [-0.2, 0) is 19.7 Å². The molecular weight excluding hydrogens is 366 g/mol. The monoisotopic (exact) mass is 395 g/mol. The molecule has 1 amide bonds. The highest BCUT2D eigenvalue weighted by Gasteiger charge is 2.45. The number of nitrogens with zero attached hydrogens (tertiary/aromatic N) is 1. The topological polar surface area (TPSA) is 48.0 Å². The van der Waals surface area contributed by atoms with Gasteiger partial charge in [-0.2, -0.15) is 0 Å². The highest BCUT2D eigenvalue weighted by molar-refractivity contribution is 5.88. The Balaban J connectivity index is 1.59. The van der Waals surface area contributed by atoms with Crippen LogP contribution in [0.5, 0.6) is 5.75 Å². The van der Waals surface area contributed by atoms with E-state index in [9.17, 15) is 4.79 Å². The molecule has 0 bridgehead atoms. The Labute approximate surface area is 172 Å². The number of ether oxygens (including phenoxy) is 3. The van der Waals surface area contributed by atoms with E-state index < -0.39 is 5.41 Å². The second kappa shape index (κ2) is 8.56. The molecule has 2 aromatic carbocycles. The van der Waals surface area contributed by atoms with Crippen molar-refractivity contribution in [2.75, 3.05) is 40.0 Å². The van der Waals surface area contributed by atoms with Crippen LogP contribution in [0, 0.1) is 6.92 Å². The number of amides is 1.